The quantitative estimate of drug-likeness (QED) is 0.763. The molecule has 0 bridgehead atoms. The van der Waals surface area contributed by atoms with Crippen molar-refractivity contribution in [3.63, 3.8) is 0 Å². The summed E-state index contributed by atoms with van der Waals surface area (Å²) in [6.45, 7) is 4.69. The van der Waals surface area contributed by atoms with Crippen LogP contribution in [0.25, 0.3) is 0 Å². The van der Waals surface area contributed by atoms with E-state index in [2.05, 4.69) is 5.32 Å². The van der Waals surface area contributed by atoms with E-state index in [9.17, 15) is 4.79 Å². The number of hydrogen-bond acceptors (Lipinski definition) is 3. The minimum atomic E-state index is -0.279. The molecule has 2 unspecified atom stereocenters. The van der Waals surface area contributed by atoms with Crippen LogP contribution in [0.2, 0.25) is 0 Å². The average Bonchev–Trinajstić information content (AvgIpc) is 2.60. The number of anilines is 1. The molecule has 0 aliphatic carbocycles. The van der Waals surface area contributed by atoms with E-state index in [-0.39, 0.29) is 17.6 Å². The molecule has 92 valence electrons. The first-order chi connectivity index (χ1) is 8.01. The van der Waals surface area contributed by atoms with E-state index >= 15 is 0 Å². The van der Waals surface area contributed by atoms with E-state index in [1.54, 1.807) is 24.3 Å². The van der Waals surface area contributed by atoms with Gasteiger partial charge in [0.15, 0.2) is 0 Å². The first-order valence-corrected chi connectivity index (χ1v) is 5.81. The van der Waals surface area contributed by atoms with Crippen molar-refractivity contribution in [3.8, 4) is 0 Å². The molecule has 1 aliphatic rings. The topological polar surface area (TPSA) is 64.3 Å². The predicted molar refractivity (Wildman–Crippen MR) is 66.8 cm³/mol. The average molecular weight is 234 g/mol. The summed E-state index contributed by atoms with van der Waals surface area (Å²) in [7, 11) is 0. The number of hydrogen-bond donors (Lipinski definition) is 2. The van der Waals surface area contributed by atoms with Gasteiger partial charge in [0, 0.05) is 17.9 Å². The molecule has 17 heavy (non-hydrogen) atoms. The van der Waals surface area contributed by atoms with E-state index in [1.807, 2.05) is 13.8 Å². The molecular weight excluding hydrogens is 216 g/mol. The predicted octanol–water partition coefficient (Wildman–Crippen LogP) is 1.57. The number of benzene rings is 1. The first kappa shape index (κ1) is 11.9. The maximum absolute atomic E-state index is 12.1. The van der Waals surface area contributed by atoms with E-state index in [0.717, 1.165) is 6.42 Å². The van der Waals surface area contributed by atoms with Gasteiger partial charge >= 0.3 is 0 Å². The molecule has 1 aromatic rings. The Bertz CT molecular complexity index is 416. The molecule has 1 fully saturated rings. The highest BCUT2D eigenvalue weighted by atomic mass is 16.5. The second-order valence-corrected chi connectivity index (χ2v) is 4.76. The highest BCUT2D eigenvalue weighted by Crippen LogP contribution is 2.25. The molecule has 2 rings (SSSR count). The van der Waals surface area contributed by atoms with Crippen molar-refractivity contribution in [2.75, 3.05) is 12.3 Å². The van der Waals surface area contributed by atoms with Gasteiger partial charge in [-0.05, 0) is 44.5 Å². The Morgan fingerprint density at radius 1 is 1.47 bits per heavy atom. The molecule has 0 aromatic heterocycles. The Morgan fingerprint density at radius 3 is 2.65 bits per heavy atom. The Morgan fingerprint density at radius 2 is 2.12 bits per heavy atom. The smallest absolute Gasteiger partial charge is 0.251 e. The highest BCUT2D eigenvalue weighted by molar-refractivity contribution is 5.95. The lowest BCUT2D eigenvalue weighted by Crippen LogP contribution is -2.50. The molecule has 1 saturated heterocycles. The summed E-state index contributed by atoms with van der Waals surface area (Å²) >= 11 is 0. The number of rotatable bonds is 2. The molecule has 1 aromatic carbocycles. The molecule has 0 saturated carbocycles. The summed E-state index contributed by atoms with van der Waals surface area (Å²) < 4.78 is 5.49. The first-order valence-electron chi connectivity index (χ1n) is 5.81. The Balaban J connectivity index is 2.09. The van der Waals surface area contributed by atoms with Crippen LogP contribution < -0.4 is 11.1 Å². The van der Waals surface area contributed by atoms with Crippen molar-refractivity contribution in [2.45, 2.75) is 31.9 Å². The van der Waals surface area contributed by atoms with E-state index in [4.69, 9.17) is 10.5 Å². The summed E-state index contributed by atoms with van der Waals surface area (Å²) in [4.78, 5) is 12.1. The fourth-order valence-electron chi connectivity index (χ4n) is 1.97. The van der Waals surface area contributed by atoms with Crippen LogP contribution in [0.1, 0.15) is 30.6 Å². The van der Waals surface area contributed by atoms with Gasteiger partial charge in [-0.1, -0.05) is 0 Å². The van der Waals surface area contributed by atoms with Gasteiger partial charge in [-0.15, -0.1) is 0 Å². The minimum absolute atomic E-state index is 0.0419. The van der Waals surface area contributed by atoms with Crippen molar-refractivity contribution < 1.29 is 9.53 Å². The fourth-order valence-corrected chi connectivity index (χ4v) is 1.97. The number of ether oxygens (including phenoxy) is 1. The van der Waals surface area contributed by atoms with Crippen LogP contribution in [-0.2, 0) is 4.74 Å². The van der Waals surface area contributed by atoms with Gasteiger partial charge in [0.1, 0.15) is 0 Å². The maximum Gasteiger partial charge on any atom is 0.251 e. The van der Waals surface area contributed by atoms with Crippen LogP contribution in [0.3, 0.4) is 0 Å². The third kappa shape index (κ3) is 2.42. The van der Waals surface area contributed by atoms with Crippen LogP contribution in [0.15, 0.2) is 24.3 Å². The van der Waals surface area contributed by atoms with Gasteiger partial charge in [-0.3, -0.25) is 4.79 Å². The molecule has 4 heteroatoms. The zero-order valence-electron chi connectivity index (χ0n) is 10.2. The van der Waals surface area contributed by atoms with Crippen molar-refractivity contribution in [1.82, 2.24) is 5.32 Å². The zero-order valence-corrected chi connectivity index (χ0v) is 10.2. The normalized spacial score (nSPS) is 28.0. The summed E-state index contributed by atoms with van der Waals surface area (Å²) in [6.07, 6.45) is 0.884. The van der Waals surface area contributed by atoms with Crippen LogP contribution in [0.5, 0.6) is 0 Å². The SMILES string of the molecule is CC1OCCC1(C)NC(=O)c1ccc(N)cc1. The summed E-state index contributed by atoms with van der Waals surface area (Å²) in [5.74, 6) is -0.0788. The number of nitrogens with two attached hydrogens (primary N) is 1. The van der Waals surface area contributed by atoms with Gasteiger partial charge in [0.25, 0.3) is 5.91 Å². The summed E-state index contributed by atoms with van der Waals surface area (Å²) in [5.41, 5.74) is 6.59. The molecule has 1 amide bonds. The number of nitrogens with one attached hydrogen (secondary N) is 1. The molecular formula is C13H18N2O2. The highest BCUT2D eigenvalue weighted by Gasteiger charge is 2.38. The van der Waals surface area contributed by atoms with Crippen molar-refractivity contribution >= 4 is 11.6 Å². The molecule has 2 atom stereocenters. The fraction of sp³-hybridized carbons (Fsp3) is 0.462. The van der Waals surface area contributed by atoms with Gasteiger partial charge in [-0.2, -0.15) is 0 Å². The molecule has 0 spiro atoms. The van der Waals surface area contributed by atoms with E-state index in [1.165, 1.54) is 0 Å². The van der Waals surface area contributed by atoms with Crippen molar-refractivity contribution in [1.29, 1.82) is 0 Å². The maximum atomic E-state index is 12.1. The van der Waals surface area contributed by atoms with Gasteiger partial charge in [-0.25, -0.2) is 0 Å². The molecule has 0 radical (unpaired) electrons. The Kier molecular flexibility index (Phi) is 3.07. The van der Waals surface area contributed by atoms with Crippen molar-refractivity contribution in [3.05, 3.63) is 29.8 Å². The molecule has 1 heterocycles. The van der Waals surface area contributed by atoms with Gasteiger partial charge in [0.05, 0.1) is 11.6 Å². The summed E-state index contributed by atoms with van der Waals surface area (Å²) in [6, 6.07) is 6.92. The van der Waals surface area contributed by atoms with Crippen LogP contribution in [0.4, 0.5) is 5.69 Å². The van der Waals surface area contributed by atoms with Crippen LogP contribution >= 0.6 is 0 Å². The minimum Gasteiger partial charge on any atom is -0.399 e. The third-order valence-corrected chi connectivity index (χ3v) is 3.46. The molecule has 3 N–H and O–H groups in total. The lowest BCUT2D eigenvalue weighted by atomic mass is 9.94. The Labute approximate surface area is 101 Å². The standard InChI is InChI=1S/C13H18N2O2/c1-9-13(2,7-8-17-9)15-12(16)10-3-5-11(14)6-4-10/h3-6,9H,7-8,14H2,1-2H3,(H,15,16). The van der Waals surface area contributed by atoms with Gasteiger partial charge < -0.3 is 15.8 Å². The summed E-state index contributed by atoms with van der Waals surface area (Å²) in [5, 5.41) is 3.04. The number of amides is 1. The lowest BCUT2D eigenvalue weighted by molar-refractivity contribution is 0.0727. The van der Waals surface area contributed by atoms with E-state index < -0.39 is 0 Å². The van der Waals surface area contributed by atoms with E-state index in [0.29, 0.717) is 17.9 Å². The second-order valence-electron chi connectivity index (χ2n) is 4.76. The number of nitrogen functional groups attached to an aromatic ring is 1. The third-order valence-electron chi connectivity index (χ3n) is 3.46. The van der Waals surface area contributed by atoms with Crippen molar-refractivity contribution in [2.24, 2.45) is 0 Å². The van der Waals surface area contributed by atoms with Crippen LogP contribution in [-0.4, -0.2) is 24.2 Å². The molecule has 1 aliphatic heterocycles. The Hall–Kier alpha value is -1.55. The number of carbonyl (C=O) groups excluding carboxylic acids is 1. The molecule has 4 nitrogen and oxygen atoms in total. The largest absolute Gasteiger partial charge is 0.399 e. The van der Waals surface area contributed by atoms with Gasteiger partial charge in [0.2, 0.25) is 0 Å². The number of carbonyl (C=O) groups is 1. The lowest BCUT2D eigenvalue weighted by Gasteiger charge is -2.28. The second kappa shape index (κ2) is 4.37. The zero-order chi connectivity index (χ0) is 12.5. The monoisotopic (exact) mass is 234 g/mol. The van der Waals surface area contributed by atoms with Crippen LogP contribution in [0, 0.1) is 0 Å².